The van der Waals surface area contributed by atoms with E-state index in [0.29, 0.717) is 6.54 Å². The number of amides is 1. The maximum absolute atomic E-state index is 13.5. The van der Waals surface area contributed by atoms with Crippen molar-refractivity contribution in [2.75, 3.05) is 25.0 Å². The van der Waals surface area contributed by atoms with Crippen molar-refractivity contribution in [3.63, 3.8) is 0 Å². The Morgan fingerprint density at radius 2 is 1.95 bits per heavy atom. The number of carbonyl (C=O) groups is 1. The molecule has 2 aliphatic rings. The molecule has 2 fully saturated rings. The molecular formula is C17H23FN2O. The number of rotatable bonds is 3. The molecule has 0 bridgehead atoms. The van der Waals surface area contributed by atoms with E-state index in [2.05, 4.69) is 10.2 Å². The van der Waals surface area contributed by atoms with E-state index < -0.39 is 0 Å². The Morgan fingerprint density at radius 1 is 1.19 bits per heavy atom. The largest absolute Gasteiger partial charge is 0.322 e. The Labute approximate surface area is 125 Å². The highest BCUT2D eigenvalue weighted by atomic mass is 19.1. The van der Waals surface area contributed by atoms with Crippen LogP contribution in [0.3, 0.4) is 0 Å². The lowest BCUT2D eigenvalue weighted by Gasteiger charge is -2.41. The van der Waals surface area contributed by atoms with Crippen molar-refractivity contribution in [3.05, 3.63) is 30.1 Å². The molecule has 4 heteroatoms. The SMILES string of the molecule is O=C(CN1CC[C@H]2CCCC[C@H]2C1)Nc1ccccc1F. The highest BCUT2D eigenvalue weighted by molar-refractivity contribution is 5.92. The molecule has 2 atom stereocenters. The molecule has 3 nitrogen and oxygen atoms in total. The Balaban J connectivity index is 1.52. The minimum atomic E-state index is -0.378. The van der Waals surface area contributed by atoms with Crippen molar-refractivity contribution in [1.82, 2.24) is 4.90 Å². The minimum Gasteiger partial charge on any atom is -0.322 e. The fraction of sp³-hybridized carbons (Fsp3) is 0.588. The average Bonchev–Trinajstić information content (AvgIpc) is 2.49. The Kier molecular flexibility index (Phi) is 4.54. The number of carbonyl (C=O) groups excluding carboxylic acids is 1. The molecule has 0 unspecified atom stereocenters. The molecule has 0 aromatic heterocycles. The first-order valence-electron chi connectivity index (χ1n) is 7.99. The van der Waals surface area contributed by atoms with Crippen LogP contribution in [0.25, 0.3) is 0 Å². The number of nitrogens with one attached hydrogen (secondary N) is 1. The molecule has 1 amide bonds. The van der Waals surface area contributed by atoms with Gasteiger partial charge in [-0.2, -0.15) is 0 Å². The second-order valence-electron chi connectivity index (χ2n) is 6.36. The monoisotopic (exact) mass is 290 g/mol. The molecule has 0 radical (unpaired) electrons. The summed E-state index contributed by atoms with van der Waals surface area (Å²) < 4.78 is 13.5. The summed E-state index contributed by atoms with van der Waals surface area (Å²) in [5, 5.41) is 2.67. The Morgan fingerprint density at radius 3 is 2.76 bits per heavy atom. The molecule has 1 N–H and O–H groups in total. The zero-order valence-corrected chi connectivity index (χ0v) is 12.4. The van der Waals surface area contributed by atoms with Gasteiger partial charge in [0.1, 0.15) is 5.82 Å². The van der Waals surface area contributed by atoms with Crippen LogP contribution in [-0.2, 0) is 4.79 Å². The third kappa shape index (κ3) is 3.62. The van der Waals surface area contributed by atoms with Gasteiger partial charge in [-0.25, -0.2) is 4.39 Å². The van der Waals surface area contributed by atoms with Crippen molar-refractivity contribution in [2.45, 2.75) is 32.1 Å². The van der Waals surface area contributed by atoms with Gasteiger partial charge in [0.25, 0.3) is 0 Å². The summed E-state index contributed by atoms with van der Waals surface area (Å²) in [5.74, 6) is 1.13. The van der Waals surface area contributed by atoms with E-state index in [0.717, 1.165) is 24.9 Å². The normalized spacial score (nSPS) is 26.1. The van der Waals surface area contributed by atoms with Crippen molar-refractivity contribution in [3.8, 4) is 0 Å². The summed E-state index contributed by atoms with van der Waals surface area (Å²) in [5.41, 5.74) is 0.273. The highest BCUT2D eigenvalue weighted by Gasteiger charge is 2.31. The fourth-order valence-electron chi connectivity index (χ4n) is 3.78. The molecule has 1 saturated heterocycles. The maximum atomic E-state index is 13.5. The van der Waals surface area contributed by atoms with Crippen LogP contribution in [0.4, 0.5) is 10.1 Å². The van der Waals surface area contributed by atoms with E-state index in [4.69, 9.17) is 0 Å². The van der Waals surface area contributed by atoms with Gasteiger partial charge in [-0.15, -0.1) is 0 Å². The van der Waals surface area contributed by atoms with Crippen LogP contribution in [-0.4, -0.2) is 30.4 Å². The van der Waals surface area contributed by atoms with Gasteiger partial charge in [-0.3, -0.25) is 9.69 Å². The van der Waals surface area contributed by atoms with Crippen LogP contribution in [0.1, 0.15) is 32.1 Å². The summed E-state index contributed by atoms with van der Waals surface area (Å²) in [4.78, 5) is 14.3. The van der Waals surface area contributed by atoms with E-state index in [1.165, 1.54) is 38.2 Å². The van der Waals surface area contributed by atoms with Gasteiger partial charge >= 0.3 is 0 Å². The number of piperidine rings is 1. The van der Waals surface area contributed by atoms with Crippen molar-refractivity contribution in [2.24, 2.45) is 11.8 Å². The Bertz CT molecular complexity index is 505. The predicted octanol–water partition coefficient (Wildman–Crippen LogP) is 3.28. The quantitative estimate of drug-likeness (QED) is 0.926. The van der Waals surface area contributed by atoms with Crippen LogP contribution in [0, 0.1) is 17.7 Å². The van der Waals surface area contributed by atoms with Crippen LogP contribution in [0.5, 0.6) is 0 Å². The summed E-state index contributed by atoms with van der Waals surface area (Å²) >= 11 is 0. The standard InChI is InChI=1S/C17H23FN2O/c18-15-7-3-4-8-16(15)19-17(21)12-20-10-9-13-5-1-2-6-14(13)11-20/h3-4,7-8,13-14H,1-2,5-6,9-12H2,(H,19,21)/t13-,14+/m1/s1. The molecule has 1 saturated carbocycles. The second-order valence-corrected chi connectivity index (χ2v) is 6.36. The minimum absolute atomic E-state index is 0.116. The maximum Gasteiger partial charge on any atom is 0.238 e. The van der Waals surface area contributed by atoms with E-state index in [1.54, 1.807) is 18.2 Å². The van der Waals surface area contributed by atoms with Gasteiger partial charge in [-0.05, 0) is 43.4 Å². The van der Waals surface area contributed by atoms with Gasteiger partial charge in [0.15, 0.2) is 0 Å². The first-order chi connectivity index (χ1) is 10.2. The lowest BCUT2D eigenvalue weighted by molar-refractivity contribution is -0.118. The van der Waals surface area contributed by atoms with Crippen molar-refractivity contribution < 1.29 is 9.18 Å². The molecular weight excluding hydrogens is 267 g/mol. The molecule has 1 aromatic rings. The first kappa shape index (κ1) is 14.5. The van der Waals surface area contributed by atoms with Gasteiger partial charge in [0.2, 0.25) is 5.91 Å². The van der Waals surface area contributed by atoms with Gasteiger partial charge in [0.05, 0.1) is 12.2 Å². The van der Waals surface area contributed by atoms with Gasteiger partial charge < -0.3 is 5.32 Å². The lowest BCUT2D eigenvalue weighted by atomic mass is 9.75. The van der Waals surface area contributed by atoms with Crippen LogP contribution >= 0.6 is 0 Å². The molecule has 1 aliphatic carbocycles. The van der Waals surface area contributed by atoms with E-state index in [9.17, 15) is 9.18 Å². The zero-order chi connectivity index (χ0) is 14.7. The molecule has 1 heterocycles. The van der Waals surface area contributed by atoms with Crippen molar-refractivity contribution in [1.29, 1.82) is 0 Å². The molecule has 21 heavy (non-hydrogen) atoms. The number of para-hydroxylation sites is 1. The van der Waals surface area contributed by atoms with E-state index in [-0.39, 0.29) is 17.4 Å². The van der Waals surface area contributed by atoms with Gasteiger partial charge in [-0.1, -0.05) is 31.4 Å². The number of halogens is 1. The Hall–Kier alpha value is -1.42. The first-order valence-corrected chi connectivity index (χ1v) is 7.99. The van der Waals surface area contributed by atoms with Crippen LogP contribution in [0.15, 0.2) is 24.3 Å². The number of anilines is 1. The number of hydrogen-bond donors (Lipinski definition) is 1. The second kappa shape index (κ2) is 6.56. The molecule has 1 aromatic carbocycles. The molecule has 0 spiro atoms. The number of likely N-dealkylation sites (tertiary alicyclic amines) is 1. The number of fused-ring (bicyclic) bond motifs is 1. The molecule has 1 aliphatic heterocycles. The summed E-state index contributed by atoms with van der Waals surface area (Å²) in [6.07, 6.45) is 6.57. The zero-order valence-electron chi connectivity index (χ0n) is 12.4. The third-order valence-corrected chi connectivity index (χ3v) is 4.89. The fourth-order valence-corrected chi connectivity index (χ4v) is 3.78. The highest BCUT2D eigenvalue weighted by Crippen LogP contribution is 2.35. The third-order valence-electron chi connectivity index (χ3n) is 4.89. The number of hydrogen-bond acceptors (Lipinski definition) is 2. The number of nitrogens with zero attached hydrogens (tertiary/aromatic N) is 1. The topological polar surface area (TPSA) is 32.3 Å². The molecule has 3 rings (SSSR count). The van der Waals surface area contributed by atoms with Crippen LogP contribution < -0.4 is 5.32 Å². The smallest absolute Gasteiger partial charge is 0.238 e. The number of benzene rings is 1. The van der Waals surface area contributed by atoms with Gasteiger partial charge in [0, 0.05) is 6.54 Å². The summed E-state index contributed by atoms with van der Waals surface area (Å²) in [7, 11) is 0. The summed E-state index contributed by atoms with van der Waals surface area (Å²) in [6, 6.07) is 6.31. The molecule has 114 valence electrons. The lowest BCUT2D eigenvalue weighted by Crippen LogP contribution is -2.44. The predicted molar refractivity (Wildman–Crippen MR) is 81.5 cm³/mol. The average molecular weight is 290 g/mol. The van der Waals surface area contributed by atoms with Crippen molar-refractivity contribution >= 4 is 11.6 Å². The summed E-state index contributed by atoms with van der Waals surface area (Å²) in [6.45, 7) is 2.39. The van der Waals surface area contributed by atoms with E-state index in [1.807, 2.05) is 0 Å². The van der Waals surface area contributed by atoms with Crippen LogP contribution in [0.2, 0.25) is 0 Å². The van der Waals surface area contributed by atoms with E-state index >= 15 is 0 Å².